The highest BCUT2D eigenvalue weighted by Crippen LogP contribution is 2.16. The van der Waals surface area contributed by atoms with E-state index in [1.165, 1.54) is 0 Å². The van der Waals surface area contributed by atoms with Crippen LogP contribution in [-0.4, -0.2) is 35.4 Å². The Balaban J connectivity index is 1.42. The summed E-state index contributed by atoms with van der Waals surface area (Å²) in [5.74, 6) is 3.44. The van der Waals surface area contributed by atoms with Crippen LogP contribution in [0.2, 0.25) is 0 Å². The Labute approximate surface area is 145 Å². The molecule has 0 radical (unpaired) electrons. The zero-order valence-corrected chi connectivity index (χ0v) is 13.8. The number of benzene rings is 1. The molecule has 130 valence electrons. The first kappa shape index (κ1) is 16.6. The molecule has 0 bridgehead atoms. The summed E-state index contributed by atoms with van der Waals surface area (Å²) in [6.45, 7) is 1.56. The minimum atomic E-state index is 0.433. The van der Waals surface area contributed by atoms with Gasteiger partial charge < -0.3 is 24.5 Å². The molecule has 8 nitrogen and oxygen atoms in total. The minimum Gasteiger partial charge on any atom is -0.497 e. The number of nitrogens with one attached hydrogen (secondary N) is 2. The summed E-state index contributed by atoms with van der Waals surface area (Å²) in [5.41, 5.74) is 0. The van der Waals surface area contributed by atoms with E-state index in [4.69, 9.17) is 13.9 Å². The fourth-order valence-electron chi connectivity index (χ4n) is 2.06. The average Bonchev–Trinajstić information content (AvgIpc) is 3.18. The third kappa shape index (κ3) is 5.10. The van der Waals surface area contributed by atoms with E-state index in [2.05, 4.69) is 25.8 Å². The molecule has 1 aromatic carbocycles. The molecule has 25 heavy (non-hydrogen) atoms. The van der Waals surface area contributed by atoms with Crippen molar-refractivity contribution in [1.29, 1.82) is 0 Å². The zero-order chi connectivity index (χ0) is 17.3. The first-order chi connectivity index (χ1) is 12.3. The molecule has 0 amide bonds. The lowest BCUT2D eigenvalue weighted by Crippen LogP contribution is -2.14. The number of hydrogen-bond donors (Lipinski definition) is 2. The van der Waals surface area contributed by atoms with Gasteiger partial charge in [0.2, 0.25) is 5.95 Å². The molecule has 3 rings (SSSR count). The number of hydrogen-bond acceptors (Lipinski definition) is 8. The van der Waals surface area contributed by atoms with E-state index >= 15 is 0 Å². The molecule has 0 atom stereocenters. The van der Waals surface area contributed by atoms with Gasteiger partial charge in [0.05, 0.1) is 32.7 Å². The van der Waals surface area contributed by atoms with Gasteiger partial charge in [-0.25, -0.2) is 0 Å². The second-order valence-corrected chi connectivity index (χ2v) is 5.05. The van der Waals surface area contributed by atoms with Crippen molar-refractivity contribution in [3.8, 4) is 11.5 Å². The van der Waals surface area contributed by atoms with E-state index in [0.29, 0.717) is 31.5 Å². The third-order valence-electron chi connectivity index (χ3n) is 3.30. The lowest BCUT2D eigenvalue weighted by Gasteiger charge is -2.09. The highest BCUT2D eigenvalue weighted by Gasteiger charge is 2.02. The van der Waals surface area contributed by atoms with Gasteiger partial charge in [0.15, 0.2) is 5.82 Å². The number of methoxy groups -OCH3 is 1. The van der Waals surface area contributed by atoms with Gasteiger partial charge in [0, 0.05) is 0 Å². The molecule has 0 fully saturated rings. The molecular formula is C17H19N5O3. The summed E-state index contributed by atoms with van der Waals surface area (Å²) >= 11 is 0. The van der Waals surface area contributed by atoms with Crippen LogP contribution in [0, 0.1) is 0 Å². The standard InChI is InChI=1S/C17H19N5O3/c1-23-13-4-6-14(7-5-13)25-10-8-18-17-21-16(12-20-22-17)19-11-15-3-2-9-24-15/h2-7,9,12H,8,10-11H2,1H3,(H2,18,19,21,22). The number of rotatable bonds is 9. The van der Waals surface area contributed by atoms with Gasteiger partial charge in [0.25, 0.3) is 0 Å². The van der Waals surface area contributed by atoms with Crippen molar-refractivity contribution >= 4 is 11.8 Å². The molecule has 2 N–H and O–H groups in total. The molecule has 0 unspecified atom stereocenters. The Kier molecular flexibility index (Phi) is 5.65. The maximum Gasteiger partial charge on any atom is 0.244 e. The maximum atomic E-state index is 5.63. The van der Waals surface area contributed by atoms with Gasteiger partial charge >= 0.3 is 0 Å². The summed E-state index contributed by atoms with van der Waals surface area (Å²) in [6.07, 6.45) is 3.19. The highest BCUT2D eigenvalue weighted by molar-refractivity contribution is 5.37. The molecule has 2 heterocycles. The van der Waals surface area contributed by atoms with Crippen molar-refractivity contribution in [2.75, 3.05) is 30.9 Å². The lowest BCUT2D eigenvalue weighted by atomic mass is 10.3. The topological polar surface area (TPSA) is 94.3 Å². The van der Waals surface area contributed by atoms with Crippen molar-refractivity contribution in [3.05, 3.63) is 54.6 Å². The maximum absolute atomic E-state index is 5.63. The fraction of sp³-hybridized carbons (Fsp3) is 0.235. The van der Waals surface area contributed by atoms with Crippen molar-refractivity contribution in [2.45, 2.75) is 6.54 Å². The molecule has 0 saturated heterocycles. The monoisotopic (exact) mass is 341 g/mol. The van der Waals surface area contributed by atoms with Crippen molar-refractivity contribution in [2.24, 2.45) is 0 Å². The Bertz CT molecular complexity index is 762. The van der Waals surface area contributed by atoms with E-state index in [1.54, 1.807) is 19.6 Å². The third-order valence-corrected chi connectivity index (χ3v) is 3.30. The first-order valence-corrected chi connectivity index (χ1v) is 7.80. The molecule has 0 aliphatic rings. The van der Waals surface area contributed by atoms with Crippen LogP contribution in [0.15, 0.2) is 53.3 Å². The molecule has 0 aliphatic carbocycles. The smallest absolute Gasteiger partial charge is 0.244 e. The molecular weight excluding hydrogens is 322 g/mol. The van der Waals surface area contributed by atoms with Gasteiger partial charge in [0.1, 0.15) is 23.9 Å². The summed E-state index contributed by atoms with van der Waals surface area (Å²) in [4.78, 5) is 4.33. The summed E-state index contributed by atoms with van der Waals surface area (Å²) in [6, 6.07) is 11.1. The highest BCUT2D eigenvalue weighted by atomic mass is 16.5. The van der Waals surface area contributed by atoms with Crippen LogP contribution in [0.5, 0.6) is 11.5 Å². The van der Waals surface area contributed by atoms with E-state index in [-0.39, 0.29) is 0 Å². The molecule has 0 saturated carbocycles. The van der Waals surface area contributed by atoms with Crippen LogP contribution in [0.1, 0.15) is 5.76 Å². The molecule has 2 aromatic heterocycles. The number of aromatic nitrogens is 3. The molecule has 3 aromatic rings. The Morgan fingerprint density at radius 1 is 1.08 bits per heavy atom. The lowest BCUT2D eigenvalue weighted by molar-refractivity contribution is 0.331. The van der Waals surface area contributed by atoms with E-state index in [0.717, 1.165) is 17.3 Å². The molecule has 0 aliphatic heterocycles. The van der Waals surface area contributed by atoms with E-state index in [1.807, 2.05) is 36.4 Å². The van der Waals surface area contributed by atoms with E-state index in [9.17, 15) is 0 Å². The number of nitrogens with zero attached hydrogens (tertiary/aromatic N) is 3. The first-order valence-electron chi connectivity index (χ1n) is 7.80. The van der Waals surface area contributed by atoms with Gasteiger partial charge in [-0.2, -0.15) is 10.1 Å². The van der Waals surface area contributed by atoms with Crippen molar-refractivity contribution in [1.82, 2.24) is 15.2 Å². The predicted molar refractivity (Wildman–Crippen MR) is 92.8 cm³/mol. The second kappa shape index (κ2) is 8.53. The van der Waals surface area contributed by atoms with Crippen molar-refractivity contribution in [3.63, 3.8) is 0 Å². The van der Waals surface area contributed by atoms with Gasteiger partial charge in [-0.1, -0.05) is 0 Å². The van der Waals surface area contributed by atoms with Crippen LogP contribution < -0.4 is 20.1 Å². The van der Waals surface area contributed by atoms with E-state index < -0.39 is 0 Å². The quantitative estimate of drug-likeness (QED) is 0.574. The van der Waals surface area contributed by atoms with Crippen LogP contribution in [0.3, 0.4) is 0 Å². The Morgan fingerprint density at radius 3 is 2.68 bits per heavy atom. The Morgan fingerprint density at radius 2 is 1.92 bits per heavy atom. The number of anilines is 2. The summed E-state index contributed by atoms with van der Waals surface area (Å²) in [5, 5.41) is 14.1. The van der Waals surface area contributed by atoms with Gasteiger partial charge in [-0.15, -0.1) is 5.10 Å². The molecule has 0 spiro atoms. The van der Waals surface area contributed by atoms with Crippen LogP contribution in [0.4, 0.5) is 11.8 Å². The second-order valence-electron chi connectivity index (χ2n) is 5.05. The average molecular weight is 341 g/mol. The minimum absolute atomic E-state index is 0.433. The zero-order valence-electron chi connectivity index (χ0n) is 13.8. The largest absolute Gasteiger partial charge is 0.497 e. The SMILES string of the molecule is COc1ccc(OCCNc2nncc(NCc3ccco3)n2)cc1. The van der Waals surface area contributed by atoms with Gasteiger partial charge in [-0.3, -0.25) is 0 Å². The Hall–Kier alpha value is -3.29. The predicted octanol–water partition coefficient (Wildman–Crippen LogP) is 2.58. The van der Waals surface area contributed by atoms with Gasteiger partial charge in [-0.05, 0) is 36.4 Å². The van der Waals surface area contributed by atoms with Crippen LogP contribution >= 0.6 is 0 Å². The fourth-order valence-corrected chi connectivity index (χ4v) is 2.06. The van der Waals surface area contributed by atoms with Crippen LogP contribution in [0.25, 0.3) is 0 Å². The number of ether oxygens (including phenoxy) is 2. The molecule has 8 heteroatoms. The number of furan rings is 1. The summed E-state index contributed by atoms with van der Waals surface area (Å²) in [7, 11) is 1.63. The van der Waals surface area contributed by atoms with Crippen molar-refractivity contribution < 1.29 is 13.9 Å². The normalized spacial score (nSPS) is 10.3. The summed E-state index contributed by atoms with van der Waals surface area (Å²) < 4.78 is 16.0. The van der Waals surface area contributed by atoms with Crippen LogP contribution in [-0.2, 0) is 6.54 Å².